The predicted molar refractivity (Wildman–Crippen MR) is 67.3 cm³/mol. The number of hydrogen-bond donors (Lipinski definition) is 1. The van der Waals surface area contributed by atoms with Crippen molar-refractivity contribution in [3.63, 3.8) is 0 Å². The molecule has 0 aliphatic heterocycles. The fourth-order valence-corrected chi connectivity index (χ4v) is 3.18. The highest BCUT2D eigenvalue weighted by Gasteiger charge is 2.39. The molecule has 1 heteroatoms. The third-order valence-electron chi connectivity index (χ3n) is 4.14. The molecule has 0 aromatic heterocycles. The summed E-state index contributed by atoms with van der Waals surface area (Å²) in [5.41, 5.74) is 1.81. The fraction of sp³-hybridized carbons (Fsp3) is 0.600. The van der Waals surface area contributed by atoms with Gasteiger partial charge in [0.25, 0.3) is 0 Å². The van der Waals surface area contributed by atoms with Crippen molar-refractivity contribution in [2.45, 2.75) is 51.6 Å². The van der Waals surface area contributed by atoms with Crippen LogP contribution < -0.4 is 0 Å². The van der Waals surface area contributed by atoms with E-state index in [9.17, 15) is 5.11 Å². The molecule has 0 bridgehead atoms. The summed E-state index contributed by atoms with van der Waals surface area (Å²) in [5, 5.41) is 11.0. The summed E-state index contributed by atoms with van der Waals surface area (Å²) in [4.78, 5) is 0. The van der Waals surface area contributed by atoms with Crippen LogP contribution in [-0.2, 0) is 5.60 Å². The van der Waals surface area contributed by atoms with Crippen LogP contribution in [0.4, 0.5) is 0 Å². The topological polar surface area (TPSA) is 20.2 Å². The summed E-state index contributed by atoms with van der Waals surface area (Å²) in [5.74, 6) is 0.433. The summed E-state index contributed by atoms with van der Waals surface area (Å²) < 4.78 is 0. The molecular weight excluding hydrogens is 196 g/mol. The van der Waals surface area contributed by atoms with Gasteiger partial charge in [0.1, 0.15) is 0 Å². The molecular formula is C15H22O. The molecule has 1 aromatic carbocycles. The molecule has 1 nitrogen and oxygen atoms in total. The van der Waals surface area contributed by atoms with E-state index in [0.717, 1.165) is 24.8 Å². The van der Waals surface area contributed by atoms with Crippen molar-refractivity contribution in [1.29, 1.82) is 0 Å². The fourth-order valence-electron chi connectivity index (χ4n) is 3.18. The number of benzene rings is 1. The molecule has 1 saturated carbocycles. The maximum Gasteiger partial charge on any atom is 0.0927 e. The standard InChI is InChI=1S/C15H22O/c1-3-13-9-6-7-11-15(13,16)14-10-5-4-8-12(14)2/h4-5,8,10,13,16H,3,6-7,9,11H2,1-2H3/t13-,15+/m1/s1. The Morgan fingerprint density at radius 1 is 1.31 bits per heavy atom. The molecule has 1 aliphatic carbocycles. The smallest absolute Gasteiger partial charge is 0.0927 e. The molecule has 1 fully saturated rings. The Labute approximate surface area is 98.5 Å². The van der Waals surface area contributed by atoms with Crippen LogP contribution in [0.1, 0.15) is 50.2 Å². The van der Waals surface area contributed by atoms with E-state index in [-0.39, 0.29) is 0 Å². The number of aryl methyl sites for hydroxylation is 1. The van der Waals surface area contributed by atoms with Crippen LogP contribution in [0.3, 0.4) is 0 Å². The lowest BCUT2D eigenvalue weighted by atomic mass is 9.69. The van der Waals surface area contributed by atoms with E-state index in [2.05, 4.69) is 26.0 Å². The molecule has 1 aliphatic rings. The zero-order valence-corrected chi connectivity index (χ0v) is 10.4. The van der Waals surface area contributed by atoms with Gasteiger partial charge in [0.15, 0.2) is 0 Å². The highest BCUT2D eigenvalue weighted by Crippen LogP contribution is 2.44. The Hall–Kier alpha value is -0.820. The van der Waals surface area contributed by atoms with Gasteiger partial charge in [-0.05, 0) is 36.8 Å². The number of aliphatic hydroxyl groups is 1. The molecule has 0 radical (unpaired) electrons. The minimum absolute atomic E-state index is 0.433. The van der Waals surface area contributed by atoms with Crippen LogP contribution in [0.5, 0.6) is 0 Å². The molecule has 2 rings (SSSR count). The minimum atomic E-state index is -0.571. The highest BCUT2D eigenvalue weighted by molar-refractivity contribution is 5.32. The Morgan fingerprint density at radius 2 is 2.06 bits per heavy atom. The second-order valence-electron chi connectivity index (χ2n) is 5.09. The first-order valence-electron chi connectivity index (χ1n) is 6.47. The first kappa shape index (κ1) is 11.7. The van der Waals surface area contributed by atoms with Crippen molar-refractivity contribution in [2.75, 3.05) is 0 Å². The summed E-state index contributed by atoms with van der Waals surface area (Å²) in [7, 11) is 0. The molecule has 0 heterocycles. The molecule has 0 saturated heterocycles. The third kappa shape index (κ3) is 1.89. The molecule has 0 unspecified atom stereocenters. The van der Waals surface area contributed by atoms with E-state index in [4.69, 9.17) is 0 Å². The van der Waals surface area contributed by atoms with Gasteiger partial charge < -0.3 is 5.11 Å². The summed E-state index contributed by atoms with van der Waals surface area (Å²) in [6, 6.07) is 8.30. The van der Waals surface area contributed by atoms with Gasteiger partial charge in [-0.3, -0.25) is 0 Å². The van der Waals surface area contributed by atoms with E-state index in [1.165, 1.54) is 18.4 Å². The zero-order chi connectivity index (χ0) is 11.6. The number of rotatable bonds is 2. The summed E-state index contributed by atoms with van der Waals surface area (Å²) in [6.07, 6.45) is 5.59. The predicted octanol–water partition coefficient (Wildman–Crippen LogP) is 3.78. The van der Waals surface area contributed by atoms with Gasteiger partial charge in [0, 0.05) is 0 Å². The third-order valence-corrected chi connectivity index (χ3v) is 4.14. The van der Waals surface area contributed by atoms with Gasteiger partial charge in [-0.1, -0.05) is 50.5 Å². The van der Waals surface area contributed by atoms with Gasteiger partial charge in [-0.15, -0.1) is 0 Å². The largest absolute Gasteiger partial charge is 0.385 e. The van der Waals surface area contributed by atoms with Crippen LogP contribution in [0.15, 0.2) is 24.3 Å². The lowest BCUT2D eigenvalue weighted by Gasteiger charge is -2.41. The van der Waals surface area contributed by atoms with Crippen LogP contribution >= 0.6 is 0 Å². The maximum atomic E-state index is 11.0. The van der Waals surface area contributed by atoms with Crippen LogP contribution in [0.25, 0.3) is 0 Å². The zero-order valence-electron chi connectivity index (χ0n) is 10.4. The van der Waals surface area contributed by atoms with E-state index >= 15 is 0 Å². The van der Waals surface area contributed by atoms with Crippen LogP contribution in [0, 0.1) is 12.8 Å². The van der Waals surface area contributed by atoms with Crippen molar-refractivity contribution >= 4 is 0 Å². The summed E-state index contributed by atoms with van der Waals surface area (Å²) in [6.45, 7) is 4.30. The van der Waals surface area contributed by atoms with Gasteiger partial charge in [0.05, 0.1) is 5.60 Å². The normalized spacial score (nSPS) is 30.3. The van der Waals surface area contributed by atoms with Gasteiger partial charge in [0.2, 0.25) is 0 Å². The Bertz CT molecular complexity index is 358. The van der Waals surface area contributed by atoms with E-state index in [0.29, 0.717) is 5.92 Å². The number of hydrogen-bond acceptors (Lipinski definition) is 1. The van der Waals surface area contributed by atoms with Crippen molar-refractivity contribution in [1.82, 2.24) is 0 Å². The second kappa shape index (κ2) is 4.58. The van der Waals surface area contributed by atoms with Crippen molar-refractivity contribution < 1.29 is 5.11 Å². The molecule has 88 valence electrons. The van der Waals surface area contributed by atoms with Crippen LogP contribution in [-0.4, -0.2) is 5.11 Å². The lowest BCUT2D eigenvalue weighted by Crippen LogP contribution is -2.38. The average Bonchev–Trinajstić information content (AvgIpc) is 2.30. The Balaban J connectivity index is 2.39. The molecule has 1 aromatic rings. The monoisotopic (exact) mass is 218 g/mol. The maximum absolute atomic E-state index is 11.0. The van der Waals surface area contributed by atoms with Crippen molar-refractivity contribution in [3.05, 3.63) is 35.4 Å². The van der Waals surface area contributed by atoms with Crippen molar-refractivity contribution in [3.8, 4) is 0 Å². The second-order valence-corrected chi connectivity index (χ2v) is 5.09. The van der Waals surface area contributed by atoms with Crippen LogP contribution in [0.2, 0.25) is 0 Å². The van der Waals surface area contributed by atoms with E-state index in [1.807, 2.05) is 12.1 Å². The van der Waals surface area contributed by atoms with Crippen molar-refractivity contribution in [2.24, 2.45) is 5.92 Å². The van der Waals surface area contributed by atoms with Gasteiger partial charge >= 0.3 is 0 Å². The Kier molecular flexibility index (Phi) is 3.34. The quantitative estimate of drug-likeness (QED) is 0.801. The summed E-state index contributed by atoms with van der Waals surface area (Å²) >= 11 is 0. The SMILES string of the molecule is CC[C@@H]1CCCC[C@@]1(O)c1ccccc1C. The molecule has 0 spiro atoms. The average molecular weight is 218 g/mol. The van der Waals surface area contributed by atoms with Gasteiger partial charge in [-0.25, -0.2) is 0 Å². The minimum Gasteiger partial charge on any atom is -0.385 e. The molecule has 1 N–H and O–H groups in total. The van der Waals surface area contributed by atoms with E-state index < -0.39 is 5.60 Å². The van der Waals surface area contributed by atoms with E-state index in [1.54, 1.807) is 0 Å². The highest BCUT2D eigenvalue weighted by atomic mass is 16.3. The van der Waals surface area contributed by atoms with Gasteiger partial charge in [-0.2, -0.15) is 0 Å². The first-order chi connectivity index (χ1) is 7.68. The molecule has 16 heavy (non-hydrogen) atoms. The Morgan fingerprint density at radius 3 is 2.75 bits per heavy atom. The first-order valence-corrected chi connectivity index (χ1v) is 6.47. The molecule has 2 atom stereocenters. The molecule has 0 amide bonds. The lowest BCUT2D eigenvalue weighted by molar-refractivity contribution is -0.0562.